The number of rotatable bonds is 5. The molecule has 6 heteroatoms. The number of hydrogen-bond donors (Lipinski definition) is 0. The van der Waals surface area contributed by atoms with Gasteiger partial charge in [0, 0.05) is 10.2 Å². The Morgan fingerprint density at radius 1 is 1.31 bits per heavy atom. The summed E-state index contributed by atoms with van der Waals surface area (Å²) in [6, 6.07) is 6.90. The zero-order valence-corrected chi connectivity index (χ0v) is 12.7. The van der Waals surface area contributed by atoms with Crippen LogP contribution in [0, 0.1) is 6.92 Å². The van der Waals surface area contributed by atoms with E-state index in [4.69, 9.17) is 4.18 Å². The molecule has 0 amide bonds. The van der Waals surface area contributed by atoms with Crippen molar-refractivity contribution in [3.8, 4) is 5.75 Å². The molecule has 1 atom stereocenters. The molecule has 0 saturated carbocycles. The molecular formula is C10H12Br2O3S. The maximum Gasteiger partial charge on any atom is 0.310 e. The van der Waals surface area contributed by atoms with E-state index in [0.29, 0.717) is 11.1 Å². The number of alkyl halides is 2. The fourth-order valence-electron chi connectivity index (χ4n) is 1.04. The van der Waals surface area contributed by atoms with Crippen LogP contribution in [-0.2, 0) is 10.1 Å². The average Bonchev–Trinajstić information content (AvgIpc) is 2.20. The standard InChI is InChI=1S/C10H12Br2O3S/c1-8-2-4-10(5-3-8)15-16(13,14)7-9(12)6-11/h2-5,9H,6-7H2,1H3. The van der Waals surface area contributed by atoms with Crippen LogP contribution in [0.15, 0.2) is 24.3 Å². The van der Waals surface area contributed by atoms with E-state index in [0.717, 1.165) is 5.56 Å². The molecule has 3 nitrogen and oxygen atoms in total. The van der Waals surface area contributed by atoms with Crippen LogP contribution in [0.4, 0.5) is 0 Å². The highest BCUT2D eigenvalue weighted by atomic mass is 79.9. The minimum absolute atomic E-state index is 0.0634. The molecule has 1 rings (SSSR count). The predicted molar refractivity (Wildman–Crippen MR) is 72.1 cm³/mol. The van der Waals surface area contributed by atoms with Crippen molar-refractivity contribution >= 4 is 42.0 Å². The van der Waals surface area contributed by atoms with Gasteiger partial charge >= 0.3 is 10.1 Å². The third-order valence-electron chi connectivity index (χ3n) is 1.80. The summed E-state index contributed by atoms with van der Waals surface area (Å²) in [7, 11) is -3.54. The maximum atomic E-state index is 11.6. The van der Waals surface area contributed by atoms with E-state index in [2.05, 4.69) is 31.9 Å². The number of halogens is 2. The Bertz CT molecular complexity index is 428. The molecule has 0 fully saturated rings. The number of aryl methyl sites for hydroxylation is 1. The van der Waals surface area contributed by atoms with E-state index in [1.165, 1.54) is 0 Å². The van der Waals surface area contributed by atoms with Crippen molar-refractivity contribution in [1.29, 1.82) is 0 Å². The third kappa shape index (κ3) is 4.84. The molecule has 0 spiro atoms. The van der Waals surface area contributed by atoms with Gasteiger partial charge in [0.2, 0.25) is 0 Å². The Hall–Kier alpha value is -0.0700. The first-order chi connectivity index (χ1) is 7.43. The number of hydrogen-bond acceptors (Lipinski definition) is 3. The molecule has 16 heavy (non-hydrogen) atoms. The fraction of sp³-hybridized carbons (Fsp3) is 0.400. The Morgan fingerprint density at radius 2 is 1.88 bits per heavy atom. The van der Waals surface area contributed by atoms with E-state index < -0.39 is 10.1 Å². The summed E-state index contributed by atoms with van der Waals surface area (Å²) in [5, 5.41) is 0.559. The molecular weight excluding hydrogens is 360 g/mol. The highest BCUT2D eigenvalue weighted by Crippen LogP contribution is 2.16. The van der Waals surface area contributed by atoms with Gasteiger partial charge in [0.15, 0.2) is 0 Å². The van der Waals surface area contributed by atoms with Crippen LogP contribution < -0.4 is 4.18 Å². The lowest BCUT2D eigenvalue weighted by molar-refractivity contribution is 0.486. The Morgan fingerprint density at radius 3 is 2.38 bits per heavy atom. The van der Waals surface area contributed by atoms with E-state index in [1.54, 1.807) is 24.3 Å². The van der Waals surface area contributed by atoms with E-state index in [1.807, 2.05) is 6.92 Å². The predicted octanol–water partition coefficient (Wildman–Crippen LogP) is 2.86. The van der Waals surface area contributed by atoms with Crippen LogP contribution in [-0.4, -0.2) is 24.3 Å². The lowest BCUT2D eigenvalue weighted by atomic mass is 10.2. The first kappa shape index (κ1) is 14.0. The van der Waals surface area contributed by atoms with Crippen molar-refractivity contribution in [2.24, 2.45) is 0 Å². The monoisotopic (exact) mass is 370 g/mol. The summed E-state index contributed by atoms with van der Waals surface area (Å²) >= 11 is 6.43. The van der Waals surface area contributed by atoms with Gasteiger partial charge in [0.1, 0.15) is 5.75 Å². The molecule has 1 unspecified atom stereocenters. The second kappa shape index (κ2) is 6.02. The van der Waals surface area contributed by atoms with Gasteiger partial charge in [-0.1, -0.05) is 49.6 Å². The Balaban J connectivity index is 2.69. The third-order valence-corrected chi connectivity index (χ3v) is 5.78. The minimum atomic E-state index is -3.54. The van der Waals surface area contributed by atoms with Crippen molar-refractivity contribution in [2.45, 2.75) is 11.8 Å². The molecule has 0 heterocycles. The summed E-state index contributed by atoms with van der Waals surface area (Å²) in [5.41, 5.74) is 1.06. The topological polar surface area (TPSA) is 43.4 Å². The summed E-state index contributed by atoms with van der Waals surface area (Å²) in [6.45, 7) is 1.93. The minimum Gasteiger partial charge on any atom is -0.382 e. The summed E-state index contributed by atoms with van der Waals surface area (Å²) < 4.78 is 28.1. The summed E-state index contributed by atoms with van der Waals surface area (Å²) in [6.07, 6.45) is 0. The van der Waals surface area contributed by atoms with Gasteiger partial charge in [-0.25, -0.2) is 0 Å². The molecule has 0 aliphatic rings. The highest BCUT2D eigenvalue weighted by molar-refractivity contribution is 9.12. The van der Waals surface area contributed by atoms with Crippen molar-refractivity contribution < 1.29 is 12.6 Å². The largest absolute Gasteiger partial charge is 0.382 e. The van der Waals surface area contributed by atoms with Gasteiger partial charge in [-0.2, -0.15) is 8.42 Å². The van der Waals surface area contributed by atoms with Gasteiger partial charge in [0.25, 0.3) is 0 Å². The van der Waals surface area contributed by atoms with Crippen molar-refractivity contribution in [3.05, 3.63) is 29.8 Å². The van der Waals surface area contributed by atoms with E-state index >= 15 is 0 Å². The lowest BCUT2D eigenvalue weighted by Crippen LogP contribution is -2.21. The van der Waals surface area contributed by atoms with Crippen LogP contribution in [0.5, 0.6) is 5.75 Å². The zero-order chi connectivity index (χ0) is 12.2. The molecule has 0 radical (unpaired) electrons. The SMILES string of the molecule is Cc1ccc(OS(=O)(=O)CC(Br)CBr)cc1. The van der Waals surface area contributed by atoms with Gasteiger partial charge in [-0.05, 0) is 19.1 Å². The highest BCUT2D eigenvalue weighted by Gasteiger charge is 2.18. The fourth-order valence-corrected chi connectivity index (χ4v) is 3.58. The van der Waals surface area contributed by atoms with Crippen LogP contribution in [0.2, 0.25) is 0 Å². The van der Waals surface area contributed by atoms with Gasteiger partial charge in [0.05, 0.1) is 5.75 Å². The summed E-state index contributed by atoms with van der Waals surface area (Å²) in [5.74, 6) is 0.284. The second-order valence-electron chi connectivity index (χ2n) is 3.37. The van der Waals surface area contributed by atoms with Gasteiger partial charge in [-0.15, -0.1) is 0 Å². The van der Waals surface area contributed by atoms with E-state index in [-0.39, 0.29) is 10.6 Å². The Kier molecular flexibility index (Phi) is 5.27. The average molecular weight is 372 g/mol. The molecule has 1 aromatic rings. The van der Waals surface area contributed by atoms with Crippen LogP contribution in [0.25, 0.3) is 0 Å². The molecule has 0 bridgehead atoms. The van der Waals surface area contributed by atoms with Crippen LogP contribution in [0.1, 0.15) is 5.56 Å². The number of benzene rings is 1. The molecule has 0 aliphatic carbocycles. The smallest absolute Gasteiger partial charge is 0.310 e. The molecule has 1 aromatic carbocycles. The first-order valence-electron chi connectivity index (χ1n) is 4.62. The molecule has 0 saturated heterocycles. The van der Waals surface area contributed by atoms with Gasteiger partial charge < -0.3 is 4.18 Å². The maximum absolute atomic E-state index is 11.6. The van der Waals surface area contributed by atoms with Crippen molar-refractivity contribution in [3.63, 3.8) is 0 Å². The zero-order valence-electron chi connectivity index (χ0n) is 8.69. The molecule has 0 aromatic heterocycles. The second-order valence-corrected chi connectivity index (χ2v) is 6.93. The van der Waals surface area contributed by atoms with Gasteiger partial charge in [-0.3, -0.25) is 0 Å². The van der Waals surface area contributed by atoms with Crippen molar-refractivity contribution in [2.75, 3.05) is 11.1 Å². The molecule has 0 aliphatic heterocycles. The van der Waals surface area contributed by atoms with Crippen LogP contribution in [0.3, 0.4) is 0 Å². The lowest BCUT2D eigenvalue weighted by Gasteiger charge is -2.09. The Labute approximate surface area is 113 Å². The molecule has 90 valence electrons. The normalized spacial score (nSPS) is 13.4. The quantitative estimate of drug-likeness (QED) is 0.590. The first-order valence-corrected chi connectivity index (χ1v) is 8.23. The van der Waals surface area contributed by atoms with E-state index in [9.17, 15) is 8.42 Å². The van der Waals surface area contributed by atoms with Crippen molar-refractivity contribution in [1.82, 2.24) is 0 Å². The molecule has 0 N–H and O–H groups in total. The van der Waals surface area contributed by atoms with Crippen LogP contribution >= 0.6 is 31.9 Å². The summed E-state index contributed by atoms with van der Waals surface area (Å²) in [4.78, 5) is -0.150.